The summed E-state index contributed by atoms with van der Waals surface area (Å²) >= 11 is 11.6. The van der Waals surface area contributed by atoms with Crippen molar-refractivity contribution in [3.63, 3.8) is 0 Å². The minimum atomic E-state index is 0.425. The predicted octanol–water partition coefficient (Wildman–Crippen LogP) is 4.53. The van der Waals surface area contributed by atoms with Crippen molar-refractivity contribution in [2.75, 3.05) is 0 Å². The highest BCUT2D eigenvalue weighted by Gasteiger charge is 2.32. The fourth-order valence-electron chi connectivity index (χ4n) is 1.97. The van der Waals surface area contributed by atoms with Crippen molar-refractivity contribution in [3.05, 3.63) is 47.0 Å². The third-order valence-corrected chi connectivity index (χ3v) is 5.49. The molecule has 1 aliphatic heterocycles. The molecule has 0 N–H and O–H groups in total. The fraction of sp³-hybridized carbons (Fsp3) is 0.167. The maximum atomic E-state index is 6.00. The van der Waals surface area contributed by atoms with Crippen LogP contribution < -0.4 is 0 Å². The molecule has 1 aromatic rings. The number of thioether (sulfide) groups is 1. The van der Waals surface area contributed by atoms with Gasteiger partial charge in [-0.25, -0.2) is 0 Å². The number of hydrogen-bond donors (Lipinski definition) is 0. The summed E-state index contributed by atoms with van der Waals surface area (Å²) in [6, 6.07) is 6.14. The van der Waals surface area contributed by atoms with Crippen molar-refractivity contribution in [1.29, 1.82) is 0 Å². The molecular weight excluding hydrogens is 292 g/mol. The third-order valence-electron chi connectivity index (χ3n) is 2.68. The van der Waals surface area contributed by atoms with Crippen molar-refractivity contribution in [3.8, 4) is 0 Å². The van der Waals surface area contributed by atoms with Gasteiger partial charge in [0.2, 0.25) is 0 Å². The van der Waals surface area contributed by atoms with Crippen molar-refractivity contribution in [1.82, 2.24) is 0 Å². The molecule has 3 rings (SSSR count). The number of alkyl halides is 1. The van der Waals surface area contributed by atoms with E-state index < -0.39 is 0 Å². The van der Waals surface area contributed by atoms with Crippen LogP contribution in [-0.2, 0) is 0 Å². The van der Waals surface area contributed by atoms with Crippen LogP contribution in [0.4, 0.5) is 0 Å². The molecular formula is C12H8BrClS. The Balaban J connectivity index is 2.13. The largest absolute Gasteiger partial charge is 0.116 e. The highest BCUT2D eigenvalue weighted by Crippen LogP contribution is 2.49. The van der Waals surface area contributed by atoms with E-state index in [1.165, 1.54) is 16.0 Å². The summed E-state index contributed by atoms with van der Waals surface area (Å²) in [5.74, 6) is 0. The minimum absolute atomic E-state index is 0.425. The van der Waals surface area contributed by atoms with Gasteiger partial charge in [-0.05, 0) is 23.3 Å². The van der Waals surface area contributed by atoms with Gasteiger partial charge in [0, 0.05) is 14.7 Å². The van der Waals surface area contributed by atoms with E-state index in [2.05, 4.69) is 46.3 Å². The monoisotopic (exact) mass is 298 g/mol. The SMILES string of the molecule is Clc1ccc2c(c1)SC1C2=CC=CC1Br. The summed E-state index contributed by atoms with van der Waals surface area (Å²) in [6.45, 7) is 0. The summed E-state index contributed by atoms with van der Waals surface area (Å²) in [5, 5.41) is 1.32. The number of hydrogen-bond acceptors (Lipinski definition) is 1. The van der Waals surface area contributed by atoms with Crippen molar-refractivity contribution >= 4 is 44.9 Å². The first-order chi connectivity index (χ1) is 7.25. The first kappa shape index (κ1) is 10.0. The molecule has 1 aliphatic carbocycles. The van der Waals surface area contributed by atoms with Crippen molar-refractivity contribution in [2.24, 2.45) is 0 Å². The molecule has 3 heteroatoms. The summed E-state index contributed by atoms with van der Waals surface area (Å²) in [5.41, 5.74) is 2.75. The number of benzene rings is 1. The molecule has 0 saturated heterocycles. The summed E-state index contributed by atoms with van der Waals surface area (Å²) in [4.78, 5) is 1.72. The molecule has 0 spiro atoms. The van der Waals surface area contributed by atoms with Crippen LogP contribution in [-0.4, -0.2) is 10.1 Å². The van der Waals surface area contributed by atoms with Crippen LogP contribution >= 0.6 is 39.3 Å². The molecule has 15 heavy (non-hydrogen) atoms. The van der Waals surface area contributed by atoms with Crippen LogP contribution in [0.1, 0.15) is 5.56 Å². The quantitative estimate of drug-likeness (QED) is 0.634. The molecule has 0 fully saturated rings. The van der Waals surface area contributed by atoms with E-state index in [1.807, 2.05) is 17.8 Å². The molecule has 2 unspecified atom stereocenters. The van der Waals surface area contributed by atoms with E-state index in [9.17, 15) is 0 Å². The molecule has 1 heterocycles. The smallest absolute Gasteiger partial charge is 0.0511 e. The van der Waals surface area contributed by atoms with Crippen LogP contribution in [0.15, 0.2) is 41.3 Å². The lowest BCUT2D eigenvalue weighted by Crippen LogP contribution is -2.15. The Bertz CT molecular complexity index is 479. The van der Waals surface area contributed by atoms with Gasteiger partial charge in [-0.15, -0.1) is 11.8 Å². The van der Waals surface area contributed by atoms with Gasteiger partial charge >= 0.3 is 0 Å². The van der Waals surface area contributed by atoms with Gasteiger partial charge in [0.1, 0.15) is 0 Å². The zero-order chi connectivity index (χ0) is 10.4. The van der Waals surface area contributed by atoms with Gasteiger partial charge in [0.25, 0.3) is 0 Å². The Morgan fingerprint density at radius 1 is 1.33 bits per heavy atom. The summed E-state index contributed by atoms with van der Waals surface area (Å²) in [6.07, 6.45) is 6.51. The fourth-order valence-corrected chi connectivity index (χ4v) is 4.33. The van der Waals surface area contributed by atoms with E-state index >= 15 is 0 Å². The molecule has 1 aromatic carbocycles. The third kappa shape index (κ3) is 1.59. The average molecular weight is 300 g/mol. The molecule has 0 amide bonds. The maximum absolute atomic E-state index is 6.00. The number of fused-ring (bicyclic) bond motifs is 3. The van der Waals surface area contributed by atoms with Gasteiger partial charge in [-0.2, -0.15) is 0 Å². The first-order valence-electron chi connectivity index (χ1n) is 4.75. The van der Waals surface area contributed by atoms with Crippen LogP contribution in [0.2, 0.25) is 5.02 Å². The van der Waals surface area contributed by atoms with Crippen molar-refractivity contribution < 1.29 is 0 Å². The Hall–Kier alpha value is -0.180. The number of rotatable bonds is 0. The number of halogens is 2. The molecule has 0 nitrogen and oxygen atoms in total. The van der Waals surface area contributed by atoms with Crippen LogP contribution in [0.25, 0.3) is 5.57 Å². The summed E-state index contributed by atoms with van der Waals surface area (Å²) < 4.78 is 0. The Labute approximate surface area is 107 Å². The highest BCUT2D eigenvalue weighted by atomic mass is 79.9. The van der Waals surface area contributed by atoms with E-state index in [0.717, 1.165) is 5.02 Å². The normalized spacial score (nSPS) is 27.2. The van der Waals surface area contributed by atoms with Gasteiger partial charge in [-0.3, -0.25) is 0 Å². The van der Waals surface area contributed by atoms with Gasteiger partial charge < -0.3 is 0 Å². The Morgan fingerprint density at radius 3 is 3.07 bits per heavy atom. The molecule has 2 atom stereocenters. The second-order valence-electron chi connectivity index (χ2n) is 3.63. The van der Waals surface area contributed by atoms with Gasteiger partial charge in [-0.1, -0.05) is 51.8 Å². The molecule has 2 aliphatic rings. The molecule has 0 saturated carbocycles. The van der Waals surface area contributed by atoms with E-state index in [4.69, 9.17) is 11.6 Å². The van der Waals surface area contributed by atoms with Crippen LogP contribution in [0.3, 0.4) is 0 Å². The minimum Gasteiger partial charge on any atom is -0.116 e. The Kier molecular flexibility index (Phi) is 2.46. The number of allylic oxidation sites excluding steroid dienone is 3. The van der Waals surface area contributed by atoms with E-state index in [1.54, 1.807) is 0 Å². The summed E-state index contributed by atoms with van der Waals surface area (Å²) in [7, 11) is 0. The van der Waals surface area contributed by atoms with Gasteiger partial charge in [0.05, 0.1) is 5.25 Å². The lowest BCUT2D eigenvalue weighted by molar-refractivity contribution is 1.13. The van der Waals surface area contributed by atoms with Crippen LogP contribution in [0.5, 0.6) is 0 Å². The maximum Gasteiger partial charge on any atom is 0.0511 e. The highest BCUT2D eigenvalue weighted by molar-refractivity contribution is 9.09. The topological polar surface area (TPSA) is 0 Å². The second kappa shape index (κ2) is 3.69. The second-order valence-corrected chi connectivity index (χ2v) is 6.31. The standard InChI is InChI=1S/C12H8BrClS/c13-10-3-1-2-9-8-5-4-7(14)6-11(8)15-12(9)10/h1-6,10,12H. The van der Waals surface area contributed by atoms with E-state index in [-0.39, 0.29) is 0 Å². The van der Waals surface area contributed by atoms with Gasteiger partial charge in [0.15, 0.2) is 0 Å². The molecule has 0 radical (unpaired) electrons. The molecule has 0 aromatic heterocycles. The zero-order valence-corrected chi connectivity index (χ0v) is 10.9. The lowest BCUT2D eigenvalue weighted by atomic mass is 9.97. The predicted molar refractivity (Wildman–Crippen MR) is 70.9 cm³/mol. The van der Waals surface area contributed by atoms with E-state index in [0.29, 0.717) is 10.1 Å². The molecule has 0 bridgehead atoms. The Morgan fingerprint density at radius 2 is 2.20 bits per heavy atom. The van der Waals surface area contributed by atoms with Crippen molar-refractivity contribution in [2.45, 2.75) is 15.0 Å². The average Bonchev–Trinajstić information content (AvgIpc) is 2.57. The van der Waals surface area contributed by atoms with Crippen LogP contribution in [0, 0.1) is 0 Å². The molecule has 76 valence electrons. The lowest BCUT2D eigenvalue weighted by Gasteiger charge is -2.18. The zero-order valence-electron chi connectivity index (χ0n) is 7.78. The first-order valence-corrected chi connectivity index (χ1v) is 6.92.